The van der Waals surface area contributed by atoms with Gasteiger partial charge in [-0.1, -0.05) is 6.07 Å². The molecule has 1 saturated heterocycles. The zero-order valence-corrected chi connectivity index (χ0v) is 19.1. The standard InChI is InChI=1S/C24H30FN7O/c1-29-6-8-31(9-7-29)16-21(33)14-20-13-19-12-18(2-3-23(19)28-27-20)22-15-26-32-11-10-30(5-4-25)17-24(22)32/h2-3,12-13,15H,4-11,14,16-17H2,1H3. The van der Waals surface area contributed by atoms with E-state index in [4.69, 9.17) is 0 Å². The van der Waals surface area contributed by atoms with Crippen LogP contribution in [-0.2, 0) is 24.3 Å². The molecular weight excluding hydrogens is 421 g/mol. The number of hydrogen-bond donors (Lipinski definition) is 0. The Hall–Kier alpha value is -2.75. The summed E-state index contributed by atoms with van der Waals surface area (Å²) in [6.07, 6.45) is 2.19. The second-order valence-corrected chi connectivity index (χ2v) is 9.10. The largest absolute Gasteiger partial charge is 0.304 e. The Morgan fingerprint density at radius 1 is 1.03 bits per heavy atom. The van der Waals surface area contributed by atoms with Crippen molar-refractivity contribution in [2.45, 2.75) is 19.5 Å². The molecule has 1 aromatic carbocycles. The van der Waals surface area contributed by atoms with Crippen LogP contribution in [0.5, 0.6) is 0 Å². The summed E-state index contributed by atoms with van der Waals surface area (Å²) in [6, 6.07) is 8.05. The number of benzene rings is 1. The van der Waals surface area contributed by atoms with Crippen molar-refractivity contribution in [3.05, 3.63) is 41.9 Å². The van der Waals surface area contributed by atoms with Crippen molar-refractivity contribution < 1.29 is 9.18 Å². The summed E-state index contributed by atoms with van der Waals surface area (Å²) >= 11 is 0. The number of nitrogens with zero attached hydrogens (tertiary/aromatic N) is 7. The predicted molar refractivity (Wildman–Crippen MR) is 125 cm³/mol. The van der Waals surface area contributed by atoms with Gasteiger partial charge in [-0.25, -0.2) is 4.39 Å². The van der Waals surface area contributed by atoms with E-state index in [-0.39, 0.29) is 12.5 Å². The van der Waals surface area contributed by atoms with Gasteiger partial charge in [-0.05, 0) is 30.8 Å². The molecular formula is C24H30FN7O. The third-order valence-corrected chi connectivity index (χ3v) is 6.67. The quantitative estimate of drug-likeness (QED) is 0.541. The lowest BCUT2D eigenvalue weighted by molar-refractivity contribution is -0.120. The van der Waals surface area contributed by atoms with Crippen LogP contribution in [0.15, 0.2) is 30.5 Å². The maximum absolute atomic E-state index is 12.8. The fraction of sp³-hybridized carbons (Fsp3) is 0.500. The number of carbonyl (C=O) groups excluding carboxylic acids is 1. The molecule has 33 heavy (non-hydrogen) atoms. The van der Waals surface area contributed by atoms with E-state index < -0.39 is 0 Å². The molecule has 5 rings (SSSR count). The van der Waals surface area contributed by atoms with Crippen molar-refractivity contribution in [1.82, 2.24) is 34.7 Å². The molecule has 0 aliphatic carbocycles. The predicted octanol–water partition coefficient (Wildman–Crippen LogP) is 1.64. The maximum atomic E-state index is 12.8. The van der Waals surface area contributed by atoms with Gasteiger partial charge >= 0.3 is 0 Å². The Bertz CT molecular complexity index is 1140. The monoisotopic (exact) mass is 451 g/mol. The van der Waals surface area contributed by atoms with Gasteiger partial charge in [-0.3, -0.25) is 19.3 Å². The minimum absolute atomic E-state index is 0.169. The van der Waals surface area contributed by atoms with Crippen LogP contribution in [0.25, 0.3) is 22.0 Å². The first kappa shape index (κ1) is 22.1. The highest BCUT2D eigenvalue weighted by Crippen LogP contribution is 2.29. The average Bonchev–Trinajstić information content (AvgIpc) is 3.23. The summed E-state index contributed by atoms with van der Waals surface area (Å²) < 4.78 is 14.9. The number of carbonyl (C=O) groups is 1. The Morgan fingerprint density at radius 2 is 1.85 bits per heavy atom. The second-order valence-electron chi connectivity index (χ2n) is 9.10. The summed E-state index contributed by atoms with van der Waals surface area (Å²) in [6.45, 7) is 6.69. The number of piperazine rings is 1. The summed E-state index contributed by atoms with van der Waals surface area (Å²) in [5.41, 5.74) is 4.72. The average molecular weight is 452 g/mol. The highest BCUT2D eigenvalue weighted by molar-refractivity contribution is 5.87. The molecule has 2 aliphatic rings. The van der Waals surface area contributed by atoms with Crippen molar-refractivity contribution in [3.8, 4) is 11.1 Å². The van der Waals surface area contributed by atoms with Gasteiger partial charge in [0, 0.05) is 56.8 Å². The fourth-order valence-electron chi connectivity index (χ4n) is 4.70. The maximum Gasteiger partial charge on any atom is 0.152 e. The third-order valence-electron chi connectivity index (χ3n) is 6.67. The molecule has 8 nitrogen and oxygen atoms in total. The lowest BCUT2D eigenvalue weighted by Gasteiger charge is -2.31. The van der Waals surface area contributed by atoms with E-state index in [0.717, 1.165) is 67.0 Å². The molecule has 0 N–H and O–H groups in total. The normalized spacial score (nSPS) is 18.0. The zero-order valence-electron chi connectivity index (χ0n) is 19.1. The molecule has 0 unspecified atom stereocenters. The lowest BCUT2D eigenvalue weighted by atomic mass is 10.0. The van der Waals surface area contributed by atoms with E-state index in [2.05, 4.69) is 43.1 Å². The van der Waals surface area contributed by atoms with Gasteiger partial charge in [0.15, 0.2) is 5.78 Å². The Morgan fingerprint density at radius 3 is 2.67 bits per heavy atom. The van der Waals surface area contributed by atoms with Gasteiger partial charge in [-0.2, -0.15) is 15.3 Å². The summed E-state index contributed by atoms with van der Waals surface area (Å²) in [5, 5.41) is 14.1. The van der Waals surface area contributed by atoms with E-state index in [1.54, 1.807) is 0 Å². The van der Waals surface area contributed by atoms with Crippen molar-refractivity contribution in [2.75, 3.05) is 59.5 Å². The number of rotatable bonds is 7. The minimum atomic E-state index is -0.339. The first-order valence-electron chi connectivity index (χ1n) is 11.6. The minimum Gasteiger partial charge on any atom is -0.304 e. The summed E-state index contributed by atoms with van der Waals surface area (Å²) in [5.74, 6) is 0.169. The number of halogens is 1. The number of likely N-dealkylation sites (N-methyl/N-ethyl adjacent to an activating group) is 1. The van der Waals surface area contributed by atoms with Crippen molar-refractivity contribution in [1.29, 1.82) is 0 Å². The third kappa shape index (κ3) is 4.95. The number of alkyl halides is 1. The van der Waals surface area contributed by atoms with Gasteiger partial charge in [0.25, 0.3) is 0 Å². The molecule has 0 atom stereocenters. The summed E-state index contributed by atoms with van der Waals surface area (Å²) in [4.78, 5) is 19.2. The molecule has 0 bridgehead atoms. The Labute approximate surface area is 193 Å². The first-order valence-corrected chi connectivity index (χ1v) is 11.6. The second kappa shape index (κ2) is 9.62. The number of aromatic nitrogens is 4. The van der Waals surface area contributed by atoms with Crippen LogP contribution in [0.1, 0.15) is 11.4 Å². The molecule has 0 saturated carbocycles. The van der Waals surface area contributed by atoms with Crippen LogP contribution in [0.4, 0.5) is 4.39 Å². The fourth-order valence-corrected chi connectivity index (χ4v) is 4.70. The van der Waals surface area contributed by atoms with Crippen LogP contribution < -0.4 is 0 Å². The van der Waals surface area contributed by atoms with Gasteiger partial charge < -0.3 is 4.90 Å². The smallest absolute Gasteiger partial charge is 0.152 e. The van der Waals surface area contributed by atoms with E-state index in [1.165, 1.54) is 0 Å². The van der Waals surface area contributed by atoms with Crippen LogP contribution >= 0.6 is 0 Å². The van der Waals surface area contributed by atoms with Gasteiger partial charge in [0.2, 0.25) is 0 Å². The molecule has 1 fully saturated rings. The van der Waals surface area contributed by atoms with Crippen molar-refractivity contribution in [2.24, 2.45) is 0 Å². The SMILES string of the molecule is CN1CCN(CC(=O)Cc2cc3cc(-c4cnn5c4CN(CCF)CC5)ccc3nn2)CC1. The van der Waals surface area contributed by atoms with Gasteiger partial charge in [-0.15, -0.1) is 0 Å². The van der Waals surface area contributed by atoms with E-state index in [9.17, 15) is 9.18 Å². The Balaban J connectivity index is 1.33. The number of fused-ring (bicyclic) bond motifs is 2. The zero-order chi connectivity index (χ0) is 22.8. The molecule has 9 heteroatoms. The molecule has 2 aromatic heterocycles. The molecule has 2 aliphatic heterocycles. The Kier molecular flexibility index (Phi) is 6.43. The molecule has 4 heterocycles. The molecule has 0 amide bonds. The van der Waals surface area contributed by atoms with Crippen molar-refractivity contribution in [3.63, 3.8) is 0 Å². The first-order chi connectivity index (χ1) is 16.1. The highest BCUT2D eigenvalue weighted by atomic mass is 19.1. The van der Waals surface area contributed by atoms with E-state index in [0.29, 0.717) is 31.7 Å². The van der Waals surface area contributed by atoms with Gasteiger partial charge in [0.05, 0.1) is 42.6 Å². The van der Waals surface area contributed by atoms with E-state index in [1.807, 2.05) is 29.1 Å². The summed E-state index contributed by atoms with van der Waals surface area (Å²) in [7, 11) is 2.11. The van der Waals surface area contributed by atoms with Crippen LogP contribution in [0.2, 0.25) is 0 Å². The highest BCUT2D eigenvalue weighted by Gasteiger charge is 2.21. The van der Waals surface area contributed by atoms with Gasteiger partial charge in [0.1, 0.15) is 6.67 Å². The number of Topliss-reactive ketones (excluding diaryl/α,β-unsaturated/α-hetero) is 1. The molecule has 3 aromatic rings. The molecule has 174 valence electrons. The van der Waals surface area contributed by atoms with E-state index >= 15 is 0 Å². The van der Waals surface area contributed by atoms with Crippen LogP contribution in [0.3, 0.4) is 0 Å². The van der Waals surface area contributed by atoms with Crippen LogP contribution in [0, 0.1) is 0 Å². The number of ketones is 1. The topological polar surface area (TPSA) is 70.4 Å². The molecule has 0 spiro atoms. The van der Waals surface area contributed by atoms with Crippen molar-refractivity contribution >= 4 is 16.7 Å². The van der Waals surface area contributed by atoms with Crippen LogP contribution in [-0.4, -0.2) is 100.0 Å². The molecule has 0 radical (unpaired) electrons. The number of hydrogen-bond acceptors (Lipinski definition) is 7. The lowest BCUT2D eigenvalue weighted by Crippen LogP contribution is -2.46.